The van der Waals surface area contributed by atoms with E-state index in [1.54, 1.807) is 0 Å². The van der Waals surface area contributed by atoms with E-state index in [9.17, 15) is 0 Å². The molecule has 0 nitrogen and oxygen atoms in total. The van der Waals surface area contributed by atoms with Gasteiger partial charge in [0, 0.05) is 0 Å². The summed E-state index contributed by atoms with van der Waals surface area (Å²) in [6.45, 7) is 9.02. The number of hydrogen-bond donors (Lipinski definition) is 0. The molecule has 0 unspecified atom stereocenters. The lowest BCUT2D eigenvalue weighted by molar-refractivity contribution is 0.833. The third kappa shape index (κ3) is 1.90. The summed E-state index contributed by atoms with van der Waals surface area (Å²) in [5.74, 6) is 0. The van der Waals surface area contributed by atoms with Gasteiger partial charge in [0.2, 0.25) is 0 Å². The summed E-state index contributed by atoms with van der Waals surface area (Å²) in [6.07, 6.45) is 3.69. The fourth-order valence-electron chi connectivity index (χ4n) is 3.33. The van der Waals surface area contributed by atoms with Crippen LogP contribution in [0.4, 0.5) is 0 Å². The van der Waals surface area contributed by atoms with Gasteiger partial charge in [-0.05, 0) is 91.5 Å². The van der Waals surface area contributed by atoms with E-state index in [1.807, 2.05) is 0 Å². The minimum absolute atomic E-state index is 1.21. The van der Waals surface area contributed by atoms with Crippen molar-refractivity contribution in [3.8, 4) is 11.1 Å². The van der Waals surface area contributed by atoms with E-state index in [4.69, 9.17) is 0 Å². The fourth-order valence-corrected chi connectivity index (χ4v) is 3.33. The van der Waals surface area contributed by atoms with Crippen LogP contribution in [0.25, 0.3) is 11.1 Å². The zero-order valence-corrected chi connectivity index (χ0v) is 12.4. The van der Waals surface area contributed by atoms with Crippen LogP contribution in [0.2, 0.25) is 0 Å². The molecule has 3 rings (SSSR count). The van der Waals surface area contributed by atoms with Gasteiger partial charge in [-0.3, -0.25) is 0 Å². The summed E-state index contributed by atoms with van der Waals surface area (Å²) in [4.78, 5) is 0. The maximum absolute atomic E-state index is 2.34. The molecule has 0 saturated carbocycles. The van der Waals surface area contributed by atoms with Crippen molar-refractivity contribution in [2.75, 3.05) is 0 Å². The summed E-state index contributed by atoms with van der Waals surface area (Å²) < 4.78 is 0. The third-order valence-electron chi connectivity index (χ3n) is 4.79. The average Bonchev–Trinajstić information content (AvgIpc) is 2.58. The quantitative estimate of drug-likeness (QED) is 0.612. The molecule has 0 atom stereocenters. The highest BCUT2D eigenvalue weighted by molar-refractivity contribution is 5.79. The number of fused-ring (bicyclic) bond motifs is 3. The Balaban J connectivity index is 2.41. The summed E-state index contributed by atoms with van der Waals surface area (Å²) in [7, 11) is 0. The highest BCUT2D eigenvalue weighted by Gasteiger charge is 2.19. The molecule has 0 saturated heterocycles. The van der Waals surface area contributed by atoms with Gasteiger partial charge in [0.05, 0.1) is 0 Å². The van der Waals surface area contributed by atoms with Crippen molar-refractivity contribution in [3.05, 3.63) is 57.6 Å². The molecule has 19 heavy (non-hydrogen) atoms. The van der Waals surface area contributed by atoms with Crippen LogP contribution in [0.1, 0.15) is 39.8 Å². The predicted molar refractivity (Wildman–Crippen MR) is 82.9 cm³/mol. The zero-order valence-electron chi connectivity index (χ0n) is 12.4. The van der Waals surface area contributed by atoms with Gasteiger partial charge < -0.3 is 0 Å². The number of rotatable bonds is 0. The molecule has 0 fully saturated rings. The van der Waals surface area contributed by atoms with Crippen LogP contribution in [0.15, 0.2) is 24.3 Å². The Morgan fingerprint density at radius 1 is 0.632 bits per heavy atom. The first kappa shape index (κ1) is 12.5. The molecule has 1 aliphatic carbocycles. The van der Waals surface area contributed by atoms with Crippen molar-refractivity contribution in [3.63, 3.8) is 0 Å². The van der Waals surface area contributed by atoms with Crippen LogP contribution >= 0.6 is 0 Å². The Hall–Kier alpha value is -1.56. The maximum atomic E-state index is 2.34. The lowest BCUT2D eigenvalue weighted by Crippen LogP contribution is -1.98. The van der Waals surface area contributed by atoms with Crippen LogP contribution in [-0.2, 0) is 12.8 Å². The predicted octanol–water partition coefficient (Wildman–Crippen LogP) is 5.08. The number of aryl methyl sites for hydroxylation is 4. The van der Waals surface area contributed by atoms with Crippen LogP contribution in [0.3, 0.4) is 0 Å². The van der Waals surface area contributed by atoms with E-state index in [0.29, 0.717) is 0 Å². The molecular formula is C19H22. The summed E-state index contributed by atoms with van der Waals surface area (Å²) in [5.41, 5.74) is 11.9. The topological polar surface area (TPSA) is 0 Å². The van der Waals surface area contributed by atoms with Crippen molar-refractivity contribution in [1.82, 2.24) is 0 Å². The van der Waals surface area contributed by atoms with Crippen molar-refractivity contribution in [1.29, 1.82) is 0 Å². The molecule has 0 heterocycles. The minimum Gasteiger partial charge on any atom is -0.0587 e. The van der Waals surface area contributed by atoms with Gasteiger partial charge in [0.15, 0.2) is 0 Å². The van der Waals surface area contributed by atoms with Gasteiger partial charge in [-0.2, -0.15) is 0 Å². The van der Waals surface area contributed by atoms with Crippen molar-refractivity contribution in [2.24, 2.45) is 0 Å². The van der Waals surface area contributed by atoms with Crippen LogP contribution in [0.5, 0.6) is 0 Å². The zero-order chi connectivity index (χ0) is 13.6. The second kappa shape index (κ2) is 4.52. The average molecular weight is 250 g/mol. The highest BCUT2D eigenvalue weighted by atomic mass is 14.2. The first-order chi connectivity index (χ1) is 9.09. The first-order valence-electron chi connectivity index (χ1n) is 7.28. The smallest absolute Gasteiger partial charge is 0.0114 e. The Kier molecular flexibility index (Phi) is 2.97. The van der Waals surface area contributed by atoms with E-state index < -0.39 is 0 Å². The third-order valence-corrected chi connectivity index (χ3v) is 4.79. The van der Waals surface area contributed by atoms with Gasteiger partial charge >= 0.3 is 0 Å². The molecule has 0 N–H and O–H groups in total. The van der Waals surface area contributed by atoms with Crippen LogP contribution in [-0.4, -0.2) is 0 Å². The summed E-state index contributed by atoms with van der Waals surface area (Å²) in [5, 5.41) is 0. The van der Waals surface area contributed by atoms with Gasteiger partial charge in [-0.1, -0.05) is 24.3 Å². The second-order valence-electron chi connectivity index (χ2n) is 5.94. The first-order valence-corrected chi connectivity index (χ1v) is 7.28. The fraction of sp³-hybridized carbons (Fsp3) is 0.368. The lowest BCUT2D eigenvalue weighted by Gasteiger charge is -2.18. The van der Waals surface area contributed by atoms with E-state index in [0.717, 1.165) is 0 Å². The molecule has 98 valence electrons. The summed E-state index contributed by atoms with van der Waals surface area (Å²) in [6, 6.07) is 9.25. The van der Waals surface area contributed by atoms with Gasteiger partial charge in [-0.25, -0.2) is 0 Å². The van der Waals surface area contributed by atoms with E-state index in [1.165, 1.54) is 63.8 Å². The molecule has 0 aliphatic heterocycles. The van der Waals surface area contributed by atoms with E-state index >= 15 is 0 Å². The highest BCUT2D eigenvalue weighted by Crippen LogP contribution is 2.39. The van der Waals surface area contributed by atoms with Crippen LogP contribution in [0, 0.1) is 27.7 Å². The normalized spacial score (nSPS) is 13.7. The van der Waals surface area contributed by atoms with Crippen molar-refractivity contribution >= 4 is 0 Å². The molecule has 0 aromatic heterocycles. The van der Waals surface area contributed by atoms with Crippen molar-refractivity contribution in [2.45, 2.75) is 47.0 Å². The molecule has 0 amide bonds. The van der Waals surface area contributed by atoms with E-state index in [2.05, 4.69) is 52.0 Å². The Morgan fingerprint density at radius 2 is 1.05 bits per heavy atom. The number of benzene rings is 2. The molecule has 1 aliphatic rings. The van der Waals surface area contributed by atoms with Gasteiger partial charge in [-0.15, -0.1) is 0 Å². The Morgan fingerprint density at radius 3 is 1.47 bits per heavy atom. The largest absolute Gasteiger partial charge is 0.0587 e. The SMILES string of the molecule is Cc1ccc2c(c1C)-c1c(ccc(C)c1C)CCC2. The van der Waals surface area contributed by atoms with Crippen molar-refractivity contribution < 1.29 is 0 Å². The Bertz CT molecular complexity index is 590. The summed E-state index contributed by atoms with van der Waals surface area (Å²) >= 11 is 0. The van der Waals surface area contributed by atoms with Gasteiger partial charge in [0.1, 0.15) is 0 Å². The molecule has 2 aromatic rings. The molecular weight excluding hydrogens is 228 g/mol. The Labute approximate surface area is 116 Å². The second-order valence-corrected chi connectivity index (χ2v) is 5.94. The lowest BCUT2D eigenvalue weighted by atomic mass is 9.86. The minimum atomic E-state index is 1.21. The molecule has 0 heteroatoms. The van der Waals surface area contributed by atoms with E-state index in [-0.39, 0.29) is 0 Å². The molecule has 0 radical (unpaired) electrons. The molecule has 2 aromatic carbocycles. The standard InChI is InChI=1S/C19H22/c1-12-8-10-16-6-5-7-17-11-9-13(2)15(4)19(17)18(16)14(12)3/h8-11H,5-7H2,1-4H3. The monoisotopic (exact) mass is 250 g/mol. The number of hydrogen-bond acceptors (Lipinski definition) is 0. The van der Waals surface area contributed by atoms with Crippen LogP contribution < -0.4 is 0 Å². The molecule has 0 bridgehead atoms. The van der Waals surface area contributed by atoms with Gasteiger partial charge in [0.25, 0.3) is 0 Å². The maximum Gasteiger partial charge on any atom is -0.0114 e. The molecule has 0 spiro atoms.